The maximum atomic E-state index is 5.09. The SMILES string of the molecule is Cc1noc(C)c1CNc1ncccc1Br. The van der Waals surface area contributed by atoms with Gasteiger partial charge in [0.2, 0.25) is 0 Å². The summed E-state index contributed by atoms with van der Waals surface area (Å²) < 4.78 is 6.04. The Morgan fingerprint density at radius 2 is 2.25 bits per heavy atom. The summed E-state index contributed by atoms with van der Waals surface area (Å²) in [5.74, 6) is 1.67. The zero-order valence-electron chi connectivity index (χ0n) is 9.12. The number of hydrogen-bond acceptors (Lipinski definition) is 4. The van der Waals surface area contributed by atoms with E-state index in [1.807, 2.05) is 26.0 Å². The van der Waals surface area contributed by atoms with Gasteiger partial charge in [-0.1, -0.05) is 5.16 Å². The predicted molar refractivity (Wildman–Crippen MR) is 65.2 cm³/mol. The highest BCUT2D eigenvalue weighted by molar-refractivity contribution is 9.10. The van der Waals surface area contributed by atoms with Crippen LogP contribution in [0.25, 0.3) is 0 Å². The van der Waals surface area contributed by atoms with Gasteiger partial charge in [0, 0.05) is 18.3 Å². The van der Waals surface area contributed by atoms with Crippen LogP contribution in [0.15, 0.2) is 27.3 Å². The zero-order valence-corrected chi connectivity index (χ0v) is 10.7. The molecule has 0 fully saturated rings. The van der Waals surface area contributed by atoms with Crippen molar-refractivity contribution in [2.24, 2.45) is 0 Å². The first-order chi connectivity index (χ1) is 7.68. The normalized spacial score (nSPS) is 10.4. The summed E-state index contributed by atoms with van der Waals surface area (Å²) in [5.41, 5.74) is 2.00. The predicted octanol–water partition coefficient (Wildman–Crippen LogP) is 3.06. The van der Waals surface area contributed by atoms with Gasteiger partial charge >= 0.3 is 0 Å². The van der Waals surface area contributed by atoms with Crippen molar-refractivity contribution >= 4 is 21.7 Å². The molecule has 0 radical (unpaired) electrons. The lowest BCUT2D eigenvalue weighted by Gasteiger charge is -2.06. The second kappa shape index (κ2) is 4.65. The van der Waals surface area contributed by atoms with Gasteiger partial charge in [-0.3, -0.25) is 0 Å². The zero-order chi connectivity index (χ0) is 11.5. The van der Waals surface area contributed by atoms with E-state index < -0.39 is 0 Å². The van der Waals surface area contributed by atoms with E-state index >= 15 is 0 Å². The molecule has 16 heavy (non-hydrogen) atoms. The second-order valence-corrected chi connectivity index (χ2v) is 4.34. The summed E-state index contributed by atoms with van der Waals surface area (Å²) in [4.78, 5) is 4.23. The first-order valence-electron chi connectivity index (χ1n) is 4.94. The lowest BCUT2D eigenvalue weighted by atomic mass is 10.2. The topological polar surface area (TPSA) is 51.0 Å². The highest BCUT2D eigenvalue weighted by atomic mass is 79.9. The fourth-order valence-corrected chi connectivity index (χ4v) is 1.84. The van der Waals surface area contributed by atoms with E-state index in [0.29, 0.717) is 6.54 Å². The van der Waals surface area contributed by atoms with Crippen LogP contribution < -0.4 is 5.32 Å². The largest absolute Gasteiger partial charge is 0.365 e. The first kappa shape index (κ1) is 11.1. The van der Waals surface area contributed by atoms with Crippen molar-refractivity contribution in [2.75, 3.05) is 5.32 Å². The van der Waals surface area contributed by atoms with E-state index in [9.17, 15) is 0 Å². The highest BCUT2D eigenvalue weighted by Gasteiger charge is 2.09. The summed E-state index contributed by atoms with van der Waals surface area (Å²) >= 11 is 3.43. The van der Waals surface area contributed by atoms with Crippen molar-refractivity contribution in [2.45, 2.75) is 20.4 Å². The third-order valence-corrected chi connectivity index (χ3v) is 3.01. The van der Waals surface area contributed by atoms with Crippen LogP contribution in [0.3, 0.4) is 0 Å². The average molecular weight is 282 g/mol. The molecule has 0 spiro atoms. The van der Waals surface area contributed by atoms with Crippen LogP contribution >= 0.6 is 15.9 Å². The van der Waals surface area contributed by atoms with E-state index in [1.54, 1.807) is 6.20 Å². The van der Waals surface area contributed by atoms with Gasteiger partial charge in [-0.05, 0) is 41.9 Å². The Morgan fingerprint density at radius 3 is 2.88 bits per heavy atom. The number of nitrogens with one attached hydrogen (secondary N) is 1. The number of aromatic nitrogens is 2. The van der Waals surface area contributed by atoms with Crippen LogP contribution in [-0.2, 0) is 6.54 Å². The van der Waals surface area contributed by atoms with Gasteiger partial charge in [-0.25, -0.2) is 4.98 Å². The van der Waals surface area contributed by atoms with Crippen molar-refractivity contribution < 1.29 is 4.52 Å². The standard InChI is InChI=1S/C11H12BrN3O/c1-7-9(8(2)16-15-7)6-14-11-10(12)4-3-5-13-11/h3-5H,6H2,1-2H3,(H,13,14). The van der Waals surface area contributed by atoms with Crippen LogP contribution in [0.2, 0.25) is 0 Å². The molecule has 4 nitrogen and oxygen atoms in total. The van der Waals surface area contributed by atoms with Gasteiger partial charge in [0.15, 0.2) is 0 Å². The van der Waals surface area contributed by atoms with E-state index in [1.165, 1.54) is 0 Å². The molecule has 2 heterocycles. The van der Waals surface area contributed by atoms with E-state index in [0.717, 1.165) is 27.3 Å². The molecule has 0 atom stereocenters. The Bertz CT molecular complexity index is 476. The Labute approximate surface area is 102 Å². The average Bonchev–Trinajstić information content (AvgIpc) is 2.58. The monoisotopic (exact) mass is 281 g/mol. The van der Waals surface area contributed by atoms with Crippen LogP contribution in [0.4, 0.5) is 5.82 Å². The molecule has 0 amide bonds. The van der Waals surface area contributed by atoms with E-state index in [4.69, 9.17) is 4.52 Å². The molecule has 2 aromatic rings. The lowest BCUT2D eigenvalue weighted by molar-refractivity contribution is 0.392. The number of hydrogen-bond donors (Lipinski definition) is 1. The maximum Gasteiger partial charge on any atom is 0.140 e. The molecule has 0 saturated carbocycles. The summed E-state index contributed by atoms with van der Waals surface area (Å²) in [6, 6.07) is 3.83. The van der Waals surface area contributed by atoms with Crippen molar-refractivity contribution in [1.29, 1.82) is 0 Å². The molecule has 0 aliphatic carbocycles. The highest BCUT2D eigenvalue weighted by Crippen LogP contribution is 2.20. The van der Waals surface area contributed by atoms with Gasteiger partial charge in [0.1, 0.15) is 11.6 Å². The lowest BCUT2D eigenvalue weighted by Crippen LogP contribution is -2.03. The van der Waals surface area contributed by atoms with Gasteiger partial charge in [0.25, 0.3) is 0 Å². The molecular weight excluding hydrogens is 270 g/mol. The Balaban J connectivity index is 2.11. The number of halogens is 1. The van der Waals surface area contributed by atoms with Gasteiger partial charge < -0.3 is 9.84 Å². The van der Waals surface area contributed by atoms with Crippen LogP contribution in [0.1, 0.15) is 17.0 Å². The summed E-state index contributed by atoms with van der Waals surface area (Å²) in [6.07, 6.45) is 1.75. The van der Waals surface area contributed by atoms with Gasteiger partial charge in [0.05, 0.1) is 10.2 Å². The Kier molecular flexibility index (Phi) is 3.24. The van der Waals surface area contributed by atoms with Crippen molar-refractivity contribution in [3.05, 3.63) is 39.8 Å². The van der Waals surface area contributed by atoms with Crippen molar-refractivity contribution in [1.82, 2.24) is 10.1 Å². The summed E-state index contributed by atoms with van der Waals surface area (Å²) in [5, 5.41) is 7.14. The van der Waals surface area contributed by atoms with Crippen LogP contribution in [-0.4, -0.2) is 10.1 Å². The molecule has 0 aromatic carbocycles. The smallest absolute Gasteiger partial charge is 0.140 e. The number of anilines is 1. The molecule has 2 rings (SSSR count). The minimum Gasteiger partial charge on any atom is -0.365 e. The van der Waals surface area contributed by atoms with Crippen molar-refractivity contribution in [3.8, 4) is 0 Å². The number of nitrogens with zero attached hydrogens (tertiary/aromatic N) is 2. The molecule has 0 aliphatic heterocycles. The quantitative estimate of drug-likeness (QED) is 0.940. The minimum absolute atomic E-state index is 0.663. The minimum atomic E-state index is 0.663. The van der Waals surface area contributed by atoms with Crippen LogP contribution in [0, 0.1) is 13.8 Å². The van der Waals surface area contributed by atoms with Gasteiger partial charge in [-0.15, -0.1) is 0 Å². The molecule has 0 saturated heterocycles. The Hall–Kier alpha value is -1.36. The van der Waals surface area contributed by atoms with Crippen molar-refractivity contribution in [3.63, 3.8) is 0 Å². The molecule has 0 aliphatic rings. The number of pyridine rings is 1. The molecule has 1 N–H and O–H groups in total. The van der Waals surface area contributed by atoms with Crippen LogP contribution in [0.5, 0.6) is 0 Å². The fraction of sp³-hybridized carbons (Fsp3) is 0.273. The third kappa shape index (κ3) is 2.24. The molecule has 0 bridgehead atoms. The number of aryl methyl sites for hydroxylation is 2. The molecule has 0 unspecified atom stereocenters. The number of rotatable bonds is 3. The Morgan fingerprint density at radius 1 is 1.44 bits per heavy atom. The van der Waals surface area contributed by atoms with E-state index in [2.05, 4.69) is 31.4 Å². The summed E-state index contributed by atoms with van der Waals surface area (Å²) in [6.45, 7) is 4.50. The molecule has 84 valence electrons. The third-order valence-electron chi connectivity index (χ3n) is 2.37. The second-order valence-electron chi connectivity index (χ2n) is 3.49. The summed E-state index contributed by atoms with van der Waals surface area (Å²) in [7, 11) is 0. The maximum absolute atomic E-state index is 5.09. The van der Waals surface area contributed by atoms with E-state index in [-0.39, 0.29) is 0 Å². The fourth-order valence-electron chi connectivity index (χ4n) is 1.44. The molecular formula is C11H12BrN3O. The first-order valence-corrected chi connectivity index (χ1v) is 5.74. The van der Waals surface area contributed by atoms with Gasteiger partial charge in [-0.2, -0.15) is 0 Å². The molecule has 5 heteroatoms. The molecule has 2 aromatic heterocycles.